The largest absolute Gasteiger partial charge is 0.480 e. The first-order valence-electron chi connectivity index (χ1n) is 6.85. The van der Waals surface area contributed by atoms with Crippen LogP contribution in [-0.2, 0) is 17.9 Å². The second-order valence-electron chi connectivity index (χ2n) is 4.66. The van der Waals surface area contributed by atoms with Gasteiger partial charge in [-0.3, -0.25) is 9.20 Å². The molecule has 0 aromatic carbocycles. The molecule has 22 heavy (non-hydrogen) atoms. The maximum absolute atomic E-state index is 11.8. The molecule has 3 N–H and O–H groups in total. The van der Waals surface area contributed by atoms with Gasteiger partial charge in [0.25, 0.3) is 5.91 Å². The molecule has 0 aliphatic heterocycles. The van der Waals surface area contributed by atoms with Crippen LogP contribution in [-0.4, -0.2) is 21.9 Å². The van der Waals surface area contributed by atoms with Gasteiger partial charge in [0.15, 0.2) is 18.0 Å². The van der Waals surface area contributed by atoms with Crippen LogP contribution in [0.25, 0.3) is 5.65 Å². The van der Waals surface area contributed by atoms with Crippen LogP contribution in [0, 0.1) is 0 Å². The van der Waals surface area contributed by atoms with Crippen molar-refractivity contribution in [2.45, 2.75) is 13.1 Å². The summed E-state index contributed by atoms with van der Waals surface area (Å²) in [5.41, 5.74) is 7.16. The molecule has 7 heteroatoms. The summed E-state index contributed by atoms with van der Waals surface area (Å²) in [5, 5.41) is 2.71. The molecule has 0 fully saturated rings. The van der Waals surface area contributed by atoms with Gasteiger partial charge in [-0.1, -0.05) is 0 Å². The van der Waals surface area contributed by atoms with Gasteiger partial charge in [-0.15, -0.1) is 0 Å². The fourth-order valence-corrected chi connectivity index (χ4v) is 2.09. The van der Waals surface area contributed by atoms with E-state index >= 15 is 0 Å². The maximum Gasteiger partial charge on any atom is 0.258 e. The number of carbonyl (C=O) groups is 1. The highest BCUT2D eigenvalue weighted by atomic mass is 16.5. The first-order valence-corrected chi connectivity index (χ1v) is 6.85. The molecule has 0 aliphatic carbocycles. The Morgan fingerprint density at radius 3 is 3.09 bits per heavy atom. The number of ether oxygens (including phenoxy) is 1. The number of hydrogen-bond donors (Lipinski definition) is 2. The topological polar surface area (TPSA) is 94.8 Å². The number of amides is 1. The number of carbonyl (C=O) groups excluding carboxylic acids is 1. The molecule has 0 saturated carbocycles. The summed E-state index contributed by atoms with van der Waals surface area (Å²) in [6.07, 6.45) is 5.11. The van der Waals surface area contributed by atoms with E-state index in [2.05, 4.69) is 10.3 Å². The van der Waals surface area contributed by atoms with Crippen molar-refractivity contribution in [2.75, 3.05) is 6.61 Å². The first kappa shape index (κ1) is 14.2. The maximum atomic E-state index is 11.8. The molecule has 0 radical (unpaired) electrons. The summed E-state index contributed by atoms with van der Waals surface area (Å²) in [7, 11) is 0. The van der Waals surface area contributed by atoms with E-state index in [0.29, 0.717) is 30.2 Å². The predicted octanol–water partition coefficient (Wildman–Crippen LogP) is 1.08. The molecular formula is C15H16N4O3. The van der Waals surface area contributed by atoms with E-state index in [-0.39, 0.29) is 12.5 Å². The van der Waals surface area contributed by atoms with Gasteiger partial charge in [0.2, 0.25) is 0 Å². The van der Waals surface area contributed by atoms with Crippen molar-refractivity contribution in [2.24, 2.45) is 5.73 Å². The zero-order valence-corrected chi connectivity index (χ0v) is 11.9. The molecule has 0 bridgehead atoms. The van der Waals surface area contributed by atoms with Crippen molar-refractivity contribution < 1.29 is 13.9 Å². The van der Waals surface area contributed by atoms with E-state index in [0.717, 1.165) is 5.69 Å². The molecule has 3 aromatic heterocycles. The molecular weight excluding hydrogens is 284 g/mol. The van der Waals surface area contributed by atoms with E-state index in [1.807, 2.05) is 16.7 Å². The Hall–Kier alpha value is -2.80. The molecule has 0 saturated heterocycles. The lowest BCUT2D eigenvalue weighted by molar-refractivity contribution is -0.123. The number of rotatable bonds is 6. The molecule has 3 aromatic rings. The highest BCUT2D eigenvalue weighted by molar-refractivity contribution is 5.77. The van der Waals surface area contributed by atoms with Crippen LogP contribution in [0.2, 0.25) is 0 Å². The number of fused-ring (bicyclic) bond motifs is 1. The number of nitrogens with one attached hydrogen (secondary N) is 1. The second kappa shape index (κ2) is 6.31. The van der Waals surface area contributed by atoms with Gasteiger partial charge in [0.05, 0.1) is 24.7 Å². The van der Waals surface area contributed by atoms with Crippen LogP contribution >= 0.6 is 0 Å². The lowest BCUT2D eigenvalue weighted by Crippen LogP contribution is -2.28. The lowest BCUT2D eigenvalue weighted by Gasteiger charge is -2.08. The van der Waals surface area contributed by atoms with Gasteiger partial charge in [-0.05, 0) is 24.3 Å². The Labute approximate surface area is 126 Å². The average Bonchev–Trinajstić information content (AvgIpc) is 3.19. The second-order valence-corrected chi connectivity index (χ2v) is 4.66. The Balaban J connectivity index is 1.61. The Bertz CT molecular complexity index is 764. The SMILES string of the molecule is NCc1cnc2c(OCC(=O)NCc3ccco3)cccn12. The number of hydrogen-bond acceptors (Lipinski definition) is 5. The molecule has 1 amide bonds. The molecule has 0 unspecified atom stereocenters. The molecule has 3 rings (SSSR count). The van der Waals surface area contributed by atoms with Crippen molar-refractivity contribution in [3.05, 3.63) is 54.4 Å². The van der Waals surface area contributed by atoms with E-state index in [9.17, 15) is 4.79 Å². The van der Waals surface area contributed by atoms with Gasteiger partial charge in [0.1, 0.15) is 5.76 Å². The van der Waals surface area contributed by atoms with Crippen molar-refractivity contribution in [3.8, 4) is 5.75 Å². The normalized spacial score (nSPS) is 10.8. The van der Waals surface area contributed by atoms with E-state index in [4.69, 9.17) is 14.9 Å². The van der Waals surface area contributed by atoms with Crippen LogP contribution in [0.1, 0.15) is 11.5 Å². The minimum atomic E-state index is -0.232. The number of nitrogens with two attached hydrogens (primary N) is 1. The van der Waals surface area contributed by atoms with Gasteiger partial charge >= 0.3 is 0 Å². The highest BCUT2D eigenvalue weighted by Crippen LogP contribution is 2.19. The standard InChI is InChI=1S/C15H16N4O3/c16-7-11-8-18-15-13(4-1-5-19(11)15)22-10-14(20)17-9-12-3-2-6-21-12/h1-6,8H,7,9-10,16H2,(H,17,20). The van der Waals surface area contributed by atoms with Gasteiger partial charge in [-0.25, -0.2) is 4.98 Å². The van der Waals surface area contributed by atoms with E-state index < -0.39 is 0 Å². The van der Waals surface area contributed by atoms with E-state index in [1.54, 1.807) is 30.7 Å². The third kappa shape index (κ3) is 2.94. The van der Waals surface area contributed by atoms with Crippen molar-refractivity contribution in [1.82, 2.24) is 14.7 Å². The molecule has 0 aliphatic rings. The third-order valence-corrected chi connectivity index (χ3v) is 3.18. The number of nitrogens with zero attached hydrogens (tertiary/aromatic N) is 2. The summed E-state index contributed by atoms with van der Waals surface area (Å²) in [4.78, 5) is 16.0. The molecule has 0 spiro atoms. The fraction of sp³-hybridized carbons (Fsp3) is 0.200. The molecule has 114 valence electrons. The van der Waals surface area contributed by atoms with Crippen molar-refractivity contribution in [1.29, 1.82) is 0 Å². The van der Waals surface area contributed by atoms with Gasteiger partial charge in [0, 0.05) is 12.7 Å². The molecule has 3 heterocycles. The van der Waals surface area contributed by atoms with Crippen LogP contribution < -0.4 is 15.8 Å². The molecule has 0 atom stereocenters. The van der Waals surface area contributed by atoms with Crippen LogP contribution in [0.3, 0.4) is 0 Å². The lowest BCUT2D eigenvalue weighted by atomic mass is 10.4. The molecule has 7 nitrogen and oxygen atoms in total. The number of imidazole rings is 1. The Morgan fingerprint density at radius 1 is 1.41 bits per heavy atom. The summed E-state index contributed by atoms with van der Waals surface area (Å²) >= 11 is 0. The smallest absolute Gasteiger partial charge is 0.258 e. The quantitative estimate of drug-likeness (QED) is 0.710. The zero-order valence-electron chi connectivity index (χ0n) is 11.9. The zero-order chi connectivity index (χ0) is 15.4. The summed E-state index contributed by atoms with van der Waals surface area (Å²) in [6.45, 7) is 0.625. The van der Waals surface area contributed by atoms with E-state index in [1.165, 1.54) is 0 Å². The van der Waals surface area contributed by atoms with Crippen LogP contribution in [0.15, 0.2) is 47.3 Å². The Kier molecular flexibility index (Phi) is 4.06. The average molecular weight is 300 g/mol. The summed E-state index contributed by atoms with van der Waals surface area (Å²) < 4.78 is 12.5. The number of furan rings is 1. The number of pyridine rings is 1. The summed E-state index contributed by atoms with van der Waals surface area (Å²) in [5.74, 6) is 0.996. The highest BCUT2D eigenvalue weighted by Gasteiger charge is 2.09. The minimum Gasteiger partial charge on any atom is -0.480 e. The summed E-state index contributed by atoms with van der Waals surface area (Å²) in [6, 6.07) is 7.15. The predicted molar refractivity (Wildman–Crippen MR) is 79.1 cm³/mol. The van der Waals surface area contributed by atoms with Gasteiger partial charge < -0.3 is 20.2 Å². The van der Waals surface area contributed by atoms with Crippen molar-refractivity contribution >= 4 is 11.6 Å². The first-order chi connectivity index (χ1) is 10.8. The Morgan fingerprint density at radius 2 is 2.32 bits per heavy atom. The number of aromatic nitrogens is 2. The minimum absolute atomic E-state index is 0.0921. The fourth-order valence-electron chi connectivity index (χ4n) is 2.09. The monoisotopic (exact) mass is 300 g/mol. The van der Waals surface area contributed by atoms with Crippen LogP contribution in [0.4, 0.5) is 0 Å². The third-order valence-electron chi connectivity index (χ3n) is 3.18. The van der Waals surface area contributed by atoms with Crippen molar-refractivity contribution in [3.63, 3.8) is 0 Å². The van der Waals surface area contributed by atoms with Gasteiger partial charge in [-0.2, -0.15) is 0 Å². The van der Waals surface area contributed by atoms with Crippen LogP contribution in [0.5, 0.6) is 5.75 Å².